The van der Waals surface area contributed by atoms with E-state index in [1.54, 1.807) is 6.20 Å². The first-order valence-corrected chi connectivity index (χ1v) is 10.5. The number of benzene rings is 2. The molecule has 2 aromatic carbocycles. The second-order valence-corrected chi connectivity index (χ2v) is 8.04. The number of amides is 1. The lowest BCUT2D eigenvalue weighted by Gasteiger charge is -2.10. The van der Waals surface area contributed by atoms with E-state index in [-0.39, 0.29) is 5.91 Å². The number of nitrogens with one attached hydrogen (secondary N) is 2. The summed E-state index contributed by atoms with van der Waals surface area (Å²) < 4.78 is 33.6. The average molecular weight is 474 g/mol. The van der Waals surface area contributed by atoms with E-state index in [1.807, 2.05) is 11.6 Å². The zero-order valence-corrected chi connectivity index (χ0v) is 19.0. The average Bonchev–Trinajstić information content (AvgIpc) is 3.39. The van der Waals surface area contributed by atoms with Gasteiger partial charge in [0.2, 0.25) is 0 Å². The smallest absolute Gasteiger partial charge is 0.475 e. The number of aryl methyl sites for hydroxylation is 2. The van der Waals surface area contributed by atoms with Crippen molar-refractivity contribution in [2.45, 2.75) is 46.6 Å². The molecule has 7 nitrogen and oxygen atoms in total. The summed E-state index contributed by atoms with van der Waals surface area (Å²) >= 11 is 0. The summed E-state index contributed by atoms with van der Waals surface area (Å²) in [5.74, 6) is -2.85. The van der Waals surface area contributed by atoms with E-state index in [1.165, 1.54) is 16.7 Å². The summed E-state index contributed by atoms with van der Waals surface area (Å²) in [6, 6.07) is 12.6. The normalized spacial score (nSPS) is 12.5. The zero-order valence-electron chi connectivity index (χ0n) is 19.0. The molecule has 2 heterocycles. The molecule has 1 aliphatic heterocycles. The van der Waals surface area contributed by atoms with Crippen LogP contribution in [-0.2, 0) is 24.4 Å². The number of nitrogens with zero attached hydrogens (tertiary/aromatic N) is 2. The first kappa shape index (κ1) is 25.0. The highest BCUT2D eigenvalue weighted by Crippen LogP contribution is 2.20. The molecule has 0 radical (unpaired) electrons. The molecule has 3 N–H and O–H groups in total. The fourth-order valence-corrected chi connectivity index (χ4v) is 3.56. The topological polar surface area (TPSA) is 96.3 Å². The summed E-state index contributed by atoms with van der Waals surface area (Å²) in [6.07, 6.45) is -3.43. The molecule has 1 aliphatic rings. The number of hydrogen-bond donors (Lipinski definition) is 3. The highest BCUT2D eigenvalue weighted by molar-refractivity contribution is 5.95. The molecule has 180 valence electrons. The molecule has 0 spiro atoms. The van der Waals surface area contributed by atoms with Gasteiger partial charge in [-0.3, -0.25) is 4.79 Å². The maximum atomic E-state index is 12.7. The summed E-state index contributed by atoms with van der Waals surface area (Å²) in [6.45, 7) is 8.39. The lowest BCUT2D eigenvalue weighted by Crippen LogP contribution is -2.23. The molecule has 10 heteroatoms. The molecule has 34 heavy (non-hydrogen) atoms. The molecule has 3 aromatic rings. The van der Waals surface area contributed by atoms with E-state index < -0.39 is 12.1 Å². The Balaban J connectivity index is 0.000000406. The Bertz CT molecular complexity index is 1220. The van der Waals surface area contributed by atoms with Gasteiger partial charge in [0.05, 0.1) is 23.1 Å². The number of fused-ring (bicyclic) bond motifs is 1. The third-order valence-electron chi connectivity index (χ3n) is 5.44. The molecule has 0 atom stereocenters. The van der Waals surface area contributed by atoms with E-state index in [4.69, 9.17) is 9.90 Å². The second kappa shape index (κ2) is 10.1. The molecule has 0 aliphatic carbocycles. The lowest BCUT2D eigenvalue weighted by atomic mass is 10.1. The number of carboxylic acid groups (broad SMARTS) is 1. The van der Waals surface area contributed by atoms with Gasteiger partial charge in [0.25, 0.3) is 5.91 Å². The molecule has 1 aromatic heterocycles. The Kier molecular flexibility index (Phi) is 7.41. The number of alkyl halides is 3. The van der Waals surface area contributed by atoms with Crippen molar-refractivity contribution in [2.75, 3.05) is 0 Å². The Labute approximate surface area is 194 Å². The van der Waals surface area contributed by atoms with Gasteiger partial charge in [0, 0.05) is 19.6 Å². The number of carbonyl (C=O) groups excluding carboxylic acids is 1. The van der Waals surface area contributed by atoms with Crippen LogP contribution in [0.1, 0.15) is 43.9 Å². The predicted octanol–water partition coefficient (Wildman–Crippen LogP) is 3.96. The molecule has 0 unspecified atom stereocenters. The lowest BCUT2D eigenvalue weighted by molar-refractivity contribution is -0.192. The zero-order chi connectivity index (χ0) is 25.0. The van der Waals surface area contributed by atoms with Gasteiger partial charge >= 0.3 is 12.1 Å². The molecule has 0 fully saturated rings. The largest absolute Gasteiger partial charge is 0.490 e. The van der Waals surface area contributed by atoms with Crippen LogP contribution in [0, 0.1) is 20.8 Å². The third-order valence-corrected chi connectivity index (χ3v) is 5.44. The van der Waals surface area contributed by atoms with Crippen molar-refractivity contribution in [1.29, 1.82) is 0 Å². The van der Waals surface area contributed by atoms with Gasteiger partial charge in [-0.25, -0.2) is 9.48 Å². The maximum absolute atomic E-state index is 12.7. The van der Waals surface area contributed by atoms with Gasteiger partial charge in [-0.15, -0.1) is 0 Å². The van der Waals surface area contributed by atoms with Crippen molar-refractivity contribution in [3.8, 4) is 5.69 Å². The van der Waals surface area contributed by atoms with Crippen LogP contribution in [0.25, 0.3) is 5.69 Å². The minimum atomic E-state index is -5.08. The minimum Gasteiger partial charge on any atom is -0.475 e. The SMILES string of the molecule is Cc1ccc(C)c(-n2ncc(C(=O)NCc3ccc4c(c3)CNC4)c2C)c1.O=C(O)C(F)(F)F. The summed E-state index contributed by atoms with van der Waals surface area (Å²) in [5, 5.41) is 18.0. The molecular formula is C24H25F3N4O3. The summed E-state index contributed by atoms with van der Waals surface area (Å²) in [4.78, 5) is 21.6. The van der Waals surface area contributed by atoms with Crippen LogP contribution in [0.4, 0.5) is 13.2 Å². The highest BCUT2D eigenvalue weighted by Gasteiger charge is 2.38. The van der Waals surface area contributed by atoms with E-state index >= 15 is 0 Å². The Morgan fingerprint density at radius 2 is 1.76 bits per heavy atom. The van der Waals surface area contributed by atoms with Crippen LogP contribution in [0.15, 0.2) is 42.6 Å². The van der Waals surface area contributed by atoms with Crippen molar-refractivity contribution in [1.82, 2.24) is 20.4 Å². The molecule has 4 rings (SSSR count). The van der Waals surface area contributed by atoms with E-state index in [0.717, 1.165) is 35.6 Å². The van der Waals surface area contributed by atoms with Gasteiger partial charge in [0.1, 0.15) is 0 Å². The summed E-state index contributed by atoms with van der Waals surface area (Å²) in [5.41, 5.74) is 8.55. The molecule has 0 saturated carbocycles. The third kappa shape index (κ3) is 5.82. The van der Waals surface area contributed by atoms with Gasteiger partial charge in [-0.1, -0.05) is 30.3 Å². The Morgan fingerprint density at radius 3 is 2.44 bits per heavy atom. The van der Waals surface area contributed by atoms with Crippen LogP contribution >= 0.6 is 0 Å². The van der Waals surface area contributed by atoms with Crippen molar-refractivity contribution in [3.63, 3.8) is 0 Å². The number of rotatable bonds is 4. The molecule has 0 bridgehead atoms. The highest BCUT2D eigenvalue weighted by atomic mass is 19.4. The van der Waals surface area contributed by atoms with E-state index in [2.05, 4.69) is 66.0 Å². The van der Waals surface area contributed by atoms with Crippen LogP contribution in [-0.4, -0.2) is 32.9 Å². The fraction of sp³-hybridized carbons (Fsp3) is 0.292. The number of aliphatic carboxylic acids is 1. The van der Waals surface area contributed by atoms with Crippen molar-refractivity contribution in [2.24, 2.45) is 0 Å². The van der Waals surface area contributed by atoms with Gasteiger partial charge < -0.3 is 15.7 Å². The van der Waals surface area contributed by atoms with Gasteiger partial charge in [0.15, 0.2) is 0 Å². The van der Waals surface area contributed by atoms with Gasteiger partial charge in [-0.05, 0) is 54.7 Å². The first-order valence-electron chi connectivity index (χ1n) is 10.5. The van der Waals surface area contributed by atoms with Crippen LogP contribution in [0.5, 0.6) is 0 Å². The number of carboxylic acids is 1. The molecular weight excluding hydrogens is 449 g/mol. The van der Waals surface area contributed by atoms with Gasteiger partial charge in [-0.2, -0.15) is 18.3 Å². The number of halogens is 3. The Morgan fingerprint density at radius 1 is 1.09 bits per heavy atom. The number of hydrogen-bond acceptors (Lipinski definition) is 4. The van der Waals surface area contributed by atoms with E-state index in [9.17, 15) is 18.0 Å². The number of aromatic nitrogens is 2. The van der Waals surface area contributed by atoms with Crippen LogP contribution in [0.3, 0.4) is 0 Å². The minimum absolute atomic E-state index is 0.0947. The fourth-order valence-electron chi connectivity index (χ4n) is 3.56. The summed E-state index contributed by atoms with van der Waals surface area (Å²) in [7, 11) is 0. The van der Waals surface area contributed by atoms with Crippen LogP contribution in [0.2, 0.25) is 0 Å². The maximum Gasteiger partial charge on any atom is 0.490 e. The van der Waals surface area contributed by atoms with Crippen molar-refractivity contribution in [3.05, 3.63) is 81.7 Å². The predicted molar refractivity (Wildman–Crippen MR) is 120 cm³/mol. The molecule has 1 amide bonds. The second-order valence-electron chi connectivity index (χ2n) is 8.04. The first-order chi connectivity index (χ1) is 16.0. The standard InChI is InChI=1S/C22H24N4O.C2HF3O2/c1-14-4-5-15(2)21(8-14)26-16(3)20(13-25-26)22(27)24-10-17-6-7-18-11-23-12-19(18)9-17;3-2(4,5)1(6)7/h4-9,13,23H,10-12H2,1-3H3,(H,24,27);(H,6,7). The van der Waals surface area contributed by atoms with E-state index in [0.29, 0.717) is 12.1 Å². The number of carbonyl (C=O) groups is 2. The van der Waals surface area contributed by atoms with Crippen molar-refractivity contribution >= 4 is 11.9 Å². The quantitative estimate of drug-likeness (QED) is 0.532. The van der Waals surface area contributed by atoms with Crippen molar-refractivity contribution < 1.29 is 27.9 Å². The molecule has 0 saturated heterocycles. The monoisotopic (exact) mass is 474 g/mol. The Hall–Kier alpha value is -3.66. The van der Waals surface area contributed by atoms with Crippen LogP contribution < -0.4 is 10.6 Å².